The second kappa shape index (κ2) is 14.1. The zero-order valence-corrected chi connectivity index (χ0v) is 24.7. The van der Waals surface area contributed by atoms with Gasteiger partial charge in [-0.25, -0.2) is 13.6 Å². The number of nitrogens with one attached hydrogen (secondary N) is 2. The van der Waals surface area contributed by atoms with Crippen LogP contribution >= 0.6 is 0 Å². The van der Waals surface area contributed by atoms with Crippen molar-refractivity contribution in [3.63, 3.8) is 0 Å². The van der Waals surface area contributed by atoms with Gasteiger partial charge in [-0.2, -0.15) is 0 Å². The first-order chi connectivity index (χ1) is 21.7. The average Bonchev–Trinajstić information content (AvgIpc) is 3.63. The van der Waals surface area contributed by atoms with Crippen molar-refractivity contribution in [3.05, 3.63) is 118 Å². The molecule has 4 aromatic rings. The number of hydrogen-bond acceptors (Lipinski definition) is 5. The van der Waals surface area contributed by atoms with Crippen LogP contribution < -0.4 is 16.2 Å². The number of hydrogen-bond donors (Lipinski definition) is 2. The summed E-state index contributed by atoms with van der Waals surface area (Å²) in [7, 11) is 0. The van der Waals surface area contributed by atoms with E-state index < -0.39 is 47.1 Å². The molecule has 1 fully saturated rings. The molecule has 0 aliphatic carbocycles. The van der Waals surface area contributed by atoms with Gasteiger partial charge in [-0.15, -0.1) is 0 Å². The first kappa shape index (κ1) is 31.4. The fourth-order valence-corrected chi connectivity index (χ4v) is 5.61. The molecule has 1 aliphatic heterocycles. The summed E-state index contributed by atoms with van der Waals surface area (Å²) < 4.78 is 36.0. The van der Waals surface area contributed by atoms with Crippen molar-refractivity contribution in [2.24, 2.45) is 5.92 Å². The summed E-state index contributed by atoms with van der Waals surface area (Å²) >= 11 is 0. The lowest BCUT2D eigenvalue weighted by Crippen LogP contribution is -2.43. The maximum Gasteiger partial charge on any atom is 0.330 e. The minimum absolute atomic E-state index is 0.133. The molecular weight excluding hydrogens is 582 g/mol. The number of amides is 2. The van der Waals surface area contributed by atoms with Gasteiger partial charge in [-0.3, -0.25) is 14.4 Å². The smallest absolute Gasteiger partial charge is 0.330 e. The van der Waals surface area contributed by atoms with Gasteiger partial charge in [-0.1, -0.05) is 42.5 Å². The van der Waals surface area contributed by atoms with Crippen LogP contribution in [-0.4, -0.2) is 46.1 Å². The topological polar surface area (TPSA) is 111 Å². The molecule has 0 unspecified atom stereocenters. The van der Waals surface area contributed by atoms with Crippen LogP contribution in [0.25, 0.3) is 10.9 Å². The molecule has 0 bridgehead atoms. The van der Waals surface area contributed by atoms with Crippen LogP contribution in [0.15, 0.2) is 90.0 Å². The van der Waals surface area contributed by atoms with Crippen molar-refractivity contribution in [1.29, 1.82) is 0 Å². The van der Waals surface area contributed by atoms with Gasteiger partial charge in [-0.05, 0) is 55.2 Å². The third-order valence-electron chi connectivity index (χ3n) is 7.87. The van der Waals surface area contributed by atoms with Gasteiger partial charge in [0.2, 0.25) is 11.8 Å². The highest BCUT2D eigenvalue weighted by molar-refractivity contribution is 5.85. The fraction of sp³-hybridized carbons (Fsp3) is 0.294. The lowest BCUT2D eigenvalue weighted by Gasteiger charge is -2.24. The van der Waals surface area contributed by atoms with Gasteiger partial charge in [0.05, 0.1) is 6.61 Å². The van der Waals surface area contributed by atoms with Crippen molar-refractivity contribution in [2.75, 3.05) is 13.2 Å². The van der Waals surface area contributed by atoms with E-state index in [4.69, 9.17) is 4.74 Å². The predicted octanol–water partition coefficient (Wildman–Crippen LogP) is 4.04. The van der Waals surface area contributed by atoms with Gasteiger partial charge in [0.1, 0.15) is 11.6 Å². The highest BCUT2D eigenvalue weighted by atomic mass is 19.2. The number of pyridine rings is 1. The number of carbonyl (C=O) groups excluding carboxylic acids is 3. The Morgan fingerprint density at radius 2 is 1.82 bits per heavy atom. The molecule has 45 heavy (non-hydrogen) atoms. The third-order valence-corrected chi connectivity index (χ3v) is 7.87. The van der Waals surface area contributed by atoms with Crippen molar-refractivity contribution in [1.82, 2.24) is 19.8 Å². The quantitative estimate of drug-likeness (QED) is 0.184. The van der Waals surface area contributed by atoms with E-state index in [2.05, 4.69) is 10.6 Å². The standard InChI is InChI=1S/C34H34F2N4O5/c1-2-45-30(41)11-9-26(20-25-12-15-37-32(25)42)38-33(43)29(19-23-8-10-27(35)28(36)18-23)40-17-14-24-13-16-39(31(24)34(40)44)21-22-6-4-3-5-7-22/h3-11,13-14,16-18,25-26,29H,2,12,15,19-21H2,1H3,(H,37,42)(H,38,43)/b11-9+/t25-,26+,29-/m0/s1. The van der Waals surface area contributed by atoms with Crippen LogP contribution in [0.4, 0.5) is 8.78 Å². The van der Waals surface area contributed by atoms with Gasteiger partial charge >= 0.3 is 5.97 Å². The van der Waals surface area contributed by atoms with Gasteiger partial charge in [0.15, 0.2) is 11.6 Å². The number of ether oxygens (including phenoxy) is 1. The molecule has 2 aromatic carbocycles. The van der Waals surface area contributed by atoms with E-state index in [0.29, 0.717) is 36.0 Å². The van der Waals surface area contributed by atoms with E-state index >= 15 is 0 Å². The van der Waals surface area contributed by atoms with E-state index in [0.717, 1.165) is 17.7 Å². The van der Waals surface area contributed by atoms with Crippen molar-refractivity contribution >= 4 is 28.7 Å². The van der Waals surface area contributed by atoms with Crippen LogP contribution in [0.2, 0.25) is 0 Å². The van der Waals surface area contributed by atoms with Crippen molar-refractivity contribution < 1.29 is 27.9 Å². The van der Waals surface area contributed by atoms with Crippen LogP contribution in [0, 0.1) is 17.6 Å². The number of esters is 1. The molecule has 0 spiro atoms. The first-order valence-electron chi connectivity index (χ1n) is 14.8. The monoisotopic (exact) mass is 616 g/mol. The summed E-state index contributed by atoms with van der Waals surface area (Å²) in [6.45, 7) is 2.76. The SMILES string of the molecule is CCOC(=O)/C=C/[C@H](C[C@@H]1CCNC1=O)NC(=O)[C@H](Cc1ccc(F)c(F)c1)n1ccc2ccn(Cc3ccccc3)c2c1=O. The molecule has 2 amide bonds. The van der Waals surface area contributed by atoms with E-state index in [1.165, 1.54) is 29.0 Å². The van der Waals surface area contributed by atoms with Crippen LogP contribution in [0.5, 0.6) is 0 Å². The molecule has 5 rings (SSSR count). The highest BCUT2D eigenvalue weighted by Crippen LogP contribution is 2.22. The number of nitrogens with zero attached hydrogens (tertiary/aromatic N) is 2. The van der Waals surface area contributed by atoms with Gasteiger partial charge in [0, 0.05) is 55.3 Å². The van der Waals surface area contributed by atoms with Gasteiger partial charge in [0.25, 0.3) is 5.56 Å². The molecule has 3 heterocycles. The number of carbonyl (C=O) groups is 3. The summed E-state index contributed by atoms with van der Waals surface area (Å²) in [5, 5.41) is 6.33. The van der Waals surface area contributed by atoms with Crippen LogP contribution in [-0.2, 0) is 32.1 Å². The average molecular weight is 617 g/mol. The second-order valence-electron chi connectivity index (χ2n) is 11.0. The summed E-state index contributed by atoms with van der Waals surface area (Å²) in [5.41, 5.74) is 1.22. The Kier molecular flexibility index (Phi) is 9.86. The van der Waals surface area contributed by atoms with Crippen LogP contribution in [0.3, 0.4) is 0 Å². The molecule has 0 radical (unpaired) electrons. The molecule has 3 atom stereocenters. The number of benzene rings is 2. The molecule has 11 heteroatoms. The minimum atomic E-state index is -1.18. The summed E-state index contributed by atoms with van der Waals surface area (Å²) in [5.74, 6) is -3.86. The van der Waals surface area contributed by atoms with E-state index in [-0.39, 0.29) is 25.4 Å². The number of halogens is 2. The number of aromatic nitrogens is 2. The zero-order valence-electron chi connectivity index (χ0n) is 24.7. The second-order valence-corrected chi connectivity index (χ2v) is 11.0. The van der Waals surface area contributed by atoms with Crippen molar-refractivity contribution in [2.45, 2.75) is 44.8 Å². The first-order valence-corrected chi connectivity index (χ1v) is 14.8. The minimum Gasteiger partial charge on any atom is -0.463 e. The van der Waals surface area contributed by atoms with E-state index in [9.17, 15) is 28.0 Å². The molecule has 1 aliphatic rings. The molecule has 9 nitrogen and oxygen atoms in total. The molecule has 1 saturated heterocycles. The normalized spacial score (nSPS) is 16.1. The largest absolute Gasteiger partial charge is 0.463 e. The molecule has 234 valence electrons. The Morgan fingerprint density at radius 3 is 2.53 bits per heavy atom. The maximum atomic E-state index is 14.2. The highest BCUT2D eigenvalue weighted by Gasteiger charge is 2.30. The van der Waals surface area contributed by atoms with Crippen LogP contribution in [0.1, 0.15) is 36.9 Å². The fourth-order valence-electron chi connectivity index (χ4n) is 5.61. The number of rotatable bonds is 12. The molecule has 2 N–H and O–H groups in total. The van der Waals surface area contributed by atoms with E-state index in [1.54, 1.807) is 23.8 Å². The summed E-state index contributed by atoms with van der Waals surface area (Å²) in [6, 6.07) is 14.5. The predicted molar refractivity (Wildman–Crippen MR) is 164 cm³/mol. The number of fused-ring (bicyclic) bond motifs is 1. The summed E-state index contributed by atoms with van der Waals surface area (Å²) in [4.78, 5) is 52.5. The zero-order chi connectivity index (χ0) is 31.9. The Bertz CT molecular complexity index is 1780. The molecular formula is C34H34F2N4O5. The molecule has 0 saturated carbocycles. The van der Waals surface area contributed by atoms with E-state index in [1.807, 2.05) is 36.4 Å². The third kappa shape index (κ3) is 7.54. The molecule has 2 aromatic heterocycles. The van der Waals surface area contributed by atoms with Gasteiger partial charge < -0.3 is 24.5 Å². The maximum absolute atomic E-state index is 14.2. The Hall–Kier alpha value is -5.06. The Morgan fingerprint density at radius 1 is 1.04 bits per heavy atom. The summed E-state index contributed by atoms with van der Waals surface area (Å²) in [6.07, 6.45) is 6.61. The Labute approximate surface area is 258 Å². The van der Waals surface area contributed by atoms with Crippen molar-refractivity contribution in [3.8, 4) is 0 Å². The lowest BCUT2D eigenvalue weighted by molar-refractivity contribution is -0.137. The Balaban J connectivity index is 1.51. The lowest BCUT2D eigenvalue weighted by atomic mass is 9.97.